The van der Waals surface area contributed by atoms with E-state index in [1.54, 1.807) is 25.2 Å². The van der Waals surface area contributed by atoms with E-state index in [0.29, 0.717) is 0 Å². The summed E-state index contributed by atoms with van der Waals surface area (Å²) in [6, 6.07) is 8.74. The summed E-state index contributed by atoms with van der Waals surface area (Å²) in [5, 5.41) is 2.97. The molecule has 0 fully saturated rings. The van der Waals surface area contributed by atoms with Gasteiger partial charge in [-0.25, -0.2) is 0 Å². The molecule has 21 heavy (non-hydrogen) atoms. The molecule has 1 unspecified atom stereocenters. The minimum atomic E-state index is -4.37. The third kappa shape index (κ3) is 3.42. The first-order valence-corrected chi connectivity index (χ1v) is 6.61. The summed E-state index contributed by atoms with van der Waals surface area (Å²) >= 11 is 0. The Balaban J connectivity index is 2.57. The standard InChI is InChI=1S/C16H17F3N2/c1-10-8-12(9-11(2)21-10)15(20-3)13-6-4-5-7-14(13)16(17,18)19/h4-9,15,20H,1-3H3. The Morgan fingerprint density at radius 2 is 1.62 bits per heavy atom. The van der Waals surface area contributed by atoms with Crippen LogP contribution in [0, 0.1) is 13.8 Å². The summed E-state index contributed by atoms with van der Waals surface area (Å²) in [6.07, 6.45) is -4.37. The molecular weight excluding hydrogens is 277 g/mol. The maximum Gasteiger partial charge on any atom is 0.416 e. The monoisotopic (exact) mass is 294 g/mol. The largest absolute Gasteiger partial charge is 0.416 e. The average molecular weight is 294 g/mol. The van der Waals surface area contributed by atoms with Crippen molar-refractivity contribution in [2.75, 3.05) is 7.05 Å². The SMILES string of the molecule is CNC(c1cc(C)nc(C)c1)c1ccccc1C(F)(F)F. The number of pyridine rings is 1. The summed E-state index contributed by atoms with van der Waals surface area (Å²) in [7, 11) is 1.66. The summed E-state index contributed by atoms with van der Waals surface area (Å²) in [5.41, 5.74) is 1.96. The molecule has 5 heteroatoms. The van der Waals surface area contributed by atoms with E-state index in [1.165, 1.54) is 12.1 Å². The number of nitrogens with zero attached hydrogens (tertiary/aromatic N) is 1. The topological polar surface area (TPSA) is 24.9 Å². The van der Waals surface area contributed by atoms with Crippen LogP contribution in [-0.2, 0) is 6.18 Å². The molecule has 0 aliphatic heterocycles. The Labute approximate surface area is 122 Å². The number of alkyl halides is 3. The molecular formula is C16H17F3N2. The van der Waals surface area contributed by atoms with E-state index in [0.717, 1.165) is 23.0 Å². The second-order valence-corrected chi connectivity index (χ2v) is 4.99. The average Bonchev–Trinajstić information content (AvgIpc) is 2.38. The van der Waals surface area contributed by atoms with Gasteiger partial charge in [0.15, 0.2) is 0 Å². The molecule has 0 saturated heterocycles. The summed E-state index contributed by atoms with van der Waals surface area (Å²) in [6.45, 7) is 3.66. The van der Waals surface area contributed by atoms with Gasteiger partial charge in [-0.2, -0.15) is 13.2 Å². The summed E-state index contributed by atoms with van der Waals surface area (Å²) in [5.74, 6) is 0. The van der Waals surface area contributed by atoms with E-state index in [2.05, 4.69) is 10.3 Å². The van der Waals surface area contributed by atoms with E-state index >= 15 is 0 Å². The van der Waals surface area contributed by atoms with Crippen molar-refractivity contribution < 1.29 is 13.2 Å². The molecule has 112 valence electrons. The number of hydrogen-bond donors (Lipinski definition) is 1. The quantitative estimate of drug-likeness (QED) is 0.924. The van der Waals surface area contributed by atoms with Crippen LogP contribution < -0.4 is 5.32 Å². The van der Waals surface area contributed by atoms with Crippen LogP contribution in [0.2, 0.25) is 0 Å². The first-order chi connectivity index (χ1) is 9.82. The molecule has 0 amide bonds. The van der Waals surface area contributed by atoms with Gasteiger partial charge in [-0.15, -0.1) is 0 Å². The lowest BCUT2D eigenvalue weighted by Crippen LogP contribution is -2.22. The van der Waals surface area contributed by atoms with Crippen molar-refractivity contribution >= 4 is 0 Å². The van der Waals surface area contributed by atoms with Crippen LogP contribution in [0.3, 0.4) is 0 Å². The second kappa shape index (κ2) is 5.85. The fourth-order valence-corrected chi connectivity index (χ4v) is 2.54. The van der Waals surface area contributed by atoms with E-state index in [1.807, 2.05) is 13.8 Å². The van der Waals surface area contributed by atoms with Gasteiger partial charge in [0.05, 0.1) is 11.6 Å². The van der Waals surface area contributed by atoms with Crippen LogP contribution in [0.5, 0.6) is 0 Å². The molecule has 0 bridgehead atoms. The number of nitrogens with one attached hydrogen (secondary N) is 1. The van der Waals surface area contributed by atoms with Crippen molar-refractivity contribution in [1.29, 1.82) is 0 Å². The number of rotatable bonds is 3. The Kier molecular flexibility index (Phi) is 4.32. The lowest BCUT2D eigenvalue weighted by Gasteiger charge is -2.22. The Morgan fingerprint density at radius 3 is 2.14 bits per heavy atom. The molecule has 2 aromatic rings. The molecule has 0 spiro atoms. The van der Waals surface area contributed by atoms with Crippen molar-refractivity contribution in [1.82, 2.24) is 10.3 Å². The van der Waals surface area contributed by atoms with Gasteiger partial charge in [0.25, 0.3) is 0 Å². The van der Waals surface area contributed by atoms with Gasteiger partial charge in [-0.1, -0.05) is 18.2 Å². The molecule has 1 atom stereocenters. The predicted octanol–water partition coefficient (Wildman–Crippen LogP) is 4.03. The highest BCUT2D eigenvalue weighted by atomic mass is 19.4. The lowest BCUT2D eigenvalue weighted by atomic mass is 9.94. The van der Waals surface area contributed by atoms with Gasteiger partial charge >= 0.3 is 6.18 Å². The van der Waals surface area contributed by atoms with Gasteiger partial charge < -0.3 is 5.32 Å². The normalized spacial score (nSPS) is 13.2. The summed E-state index contributed by atoms with van der Waals surface area (Å²) < 4.78 is 39.5. The smallest absolute Gasteiger partial charge is 0.309 e. The van der Waals surface area contributed by atoms with Crippen molar-refractivity contribution in [3.8, 4) is 0 Å². The van der Waals surface area contributed by atoms with E-state index < -0.39 is 17.8 Å². The van der Waals surface area contributed by atoms with Gasteiger partial charge in [0.2, 0.25) is 0 Å². The number of aromatic nitrogens is 1. The van der Waals surface area contributed by atoms with Gasteiger partial charge in [-0.05, 0) is 50.2 Å². The molecule has 1 aromatic carbocycles. The van der Waals surface area contributed by atoms with Crippen LogP contribution in [0.1, 0.15) is 34.1 Å². The Morgan fingerprint density at radius 1 is 1.05 bits per heavy atom. The highest BCUT2D eigenvalue weighted by Gasteiger charge is 2.35. The molecule has 2 rings (SSSR count). The number of aryl methyl sites for hydroxylation is 2. The fourth-order valence-electron chi connectivity index (χ4n) is 2.54. The van der Waals surface area contributed by atoms with Crippen LogP contribution in [0.25, 0.3) is 0 Å². The van der Waals surface area contributed by atoms with Crippen LogP contribution >= 0.6 is 0 Å². The maximum atomic E-state index is 13.2. The van der Waals surface area contributed by atoms with Crippen molar-refractivity contribution in [2.24, 2.45) is 0 Å². The zero-order valence-corrected chi connectivity index (χ0v) is 12.1. The van der Waals surface area contributed by atoms with Crippen LogP contribution in [0.15, 0.2) is 36.4 Å². The lowest BCUT2D eigenvalue weighted by molar-refractivity contribution is -0.138. The zero-order chi connectivity index (χ0) is 15.6. The number of hydrogen-bond acceptors (Lipinski definition) is 2. The molecule has 1 aromatic heterocycles. The number of halogens is 3. The second-order valence-electron chi connectivity index (χ2n) is 4.99. The highest BCUT2D eigenvalue weighted by molar-refractivity contribution is 5.39. The van der Waals surface area contributed by atoms with Gasteiger partial charge in [-0.3, -0.25) is 4.98 Å². The van der Waals surface area contributed by atoms with E-state index in [-0.39, 0.29) is 5.56 Å². The fraction of sp³-hybridized carbons (Fsp3) is 0.312. The van der Waals surface area contributed by atoms with Crippen molar-refractivity contribution in [2.45, 2.75) is 26.1 Å². The Hall–Kier alpha value is -1.88. The molecule has 0 aliphatic rings. The third-order valence-electron chi connectivity index (χ3n) is 3.30. The van der Waals surface area contributed by atoms with Crippen LogP contribution in [-0.4, -0.2) is 12.0 Å². The van der Waals surface area contributed by atoms with E-state index in [4.69, 9.17) is 0 Å². The van der Waals surface area contributed by atoms with Gasteiger partial charge in [0, 0.05) is 11.4 Å². The van der Waals surface area contributed by atoms with Crippen molar-refractivity contribution in [3.05, 3.63) is 64.5 Å². The predicted molar refractivity (Wildman–Crippen MR) is 76.1 cm³/mol. The summed E-state index contributed by atoms with van der Waals surface area (Å²) in [4.78, 5) is 4.27. The first-order valence-electron chi connectivity index (χ1n) is 6.61. The highest BCUT2D eigenvalue weighted by Crippen LogP contribution is 2.36. The molecule has 0 aliphatic carbocycles. The molecule has 1 heterocycles. The first kappa shape index (κ1) is 15.5. The minimum absolute atomic E-state index is 0.220. The third-order valence-corrected chi connectivity index (χ3v) is 3.30. The van der Waals surface area contributed by atoms with Crippen molar-refractivity contribution in [3.63, 3.8) is 0 Å². The number of benzene rings is 1. The van der Waals surface area contributed by atoms with Crippen LogP contribution in [0.4, 0.5) is 13.2 Å². The van der Waals surface area contributed by atoms with Gasteiger partial charge in [0.1, 0.15) is 0 Å². The molecule has 2 nitrogen and oxygen atoms in total. The maximum absolute atomic E-state index is 13.2. The van der Waals surface area contributed by atoms with E-state index in [9.17, 15) is 13.2 Å². The molecule has 1 N–H and O–H groups in total. The Bertz CT molecular complexity index is 615. The molecule has 0 saturated carbocycles. The zero-order valence-electron chi connectivity index (χ0n) is 12.1. The molecule has 0 radical (unpaired) electrons. The minimum Gasteiger partial charge on any atom is -0.309 e.